The van der Waals surface area contributed by atoms with Crippen LogP contribution in [0.25, 0.3) is 0 Å². The molecule has 0 bridgehead atoms. The minimum Gasteiger partial charge on any atom is -0.497 e. The second kappa shape index (κ2) is 15.5. The zero-order valence-corrected chi connectivity index (χ0v) is 27.1. The maximum atomic E-state index is 14.1. The number of carbonyl (C=O) groups is 2. The summed E-state index contributed by atoms with van der Waals surface area (Å²) in [6, 6.07) is 14.1. The molecular formula is C32H37ClF3N3O5S. The molecule has 0 aliphatic heterocycles. The van der Waals surface area contributed by atoms with Crippen LogP contribution in [0.5, 0.6) is 5.75 Å². The van der Waals surface area contributed by atoms with E-state index in [9.17, 15) is 31.2 Å². The lowest BCUT2D eigenvalue weighted by Gasteiger charge is -2.33. The Balaban J connectivity index is 2.12. The van der Waals surface area contributed by atoms with E-state index in [-0.39, 0.29) is 17.9 Å². The predicted octanol–water partition coefficient (Wildman–Crippen LogP) is 6.59. The first-order chi connectivity index (χ1) is 21.2. The van der Waals surface area contributed by atoms with Gasteiger partial charge in [0.15, 0.2) is 0 Å². The Labute approximate surface area is 267 Å². The first-order valence-electron chi connectivity index (χ1n) is 14.4. The van der Waals surface area contributed by atoms with Crippen LogP contribution < -0.4 is 14.4 Å². The van der Waals surface area contributed by atoms with Crippen LogP contribution >= 0.6 is 11.6 Å². The zero-order valence-electron chi connectivity index (χ0n) is 25.5. The molecule has 0 saturated carbocycles. The predicted molar refractivity (Wildman–Crippen MR) is 168 cm³/mol. The van der Waals surface area contributed by atoms with Crippen molar-refractivity contribution < 1.29 is 35.9 Å². The Morgan fingerprint density at radius 3 is 2.20 bits per heavy atom. The van der Waals surface area contributed by atoms with E-state index in [1.807, 2.05) is 6.92 Å². The number of aryl methyl sites for hydroxylation is 1. The van der Waals surface area contributed by atoms with Crippen molar-refractivity contribution in [2.45, 2.75) is 63.7 Å². The number of nitrogens with zero attached hydrogens (tertiary/aromatic N) is 2. The number of benzene rings is 3. The van der Waals surface area contributed by atoms with Gasteiger partial charge in [-0.2, -0.15) is 13.2 Å². The molecular weight excluding hydrogens is 631 g/mol. The summed E-state index contributed by atoms with van der Waals surface area (Å²) in [7, 11) is -3.07. The Morgan fingerprint density at radius 1 is 1.00 bits per heavy atom. The highest BCUT2D eigenvalue weighted by Crippen LogP contribution is 2.38. The highest BCUT2D eigenvalue weighted by molar-refractivity contribution is 7.92. The van der Waals surface area contributed by atoms with Gasteiger partial charge >= 0.3 is 6.18 Å². The fourth-order valence-electron chi connectivity index (χ4n) is 4.61. The highest BCUT2D eigenvalue weighted by Gasteiger charge is 2.37. The van der Waals surface area contributed by atoms with E-state index in [0.717, 1.165) is 30.5 Å². The number of hydrogen-bond donors (Lipinski definition) is 1. The third-order valence-electron chi connectivity index (χ3n) is 7.16. The van der Waals surface area contributed by atoms with E-state index in [0.29, 0.717) is 28.2 Å². The Bertz CT molecular complexity index is 1570. The molecule has 8 nitrogen and oxygen atoms in total. The minimum absolute atomic E-state index is 0.0740. The summed E-state index contributed by atoms with van der Waals surface area (Å²) in [6.45, 7) is 4.86. The van der Waals surface area contributed by atoms with Crippen LogP contribution in [-0.2, 0) is 32.3 Å². The molecule has 3 aromatic rings. The van der Waals surface area contributed by atoms with Crippen molar-refractivity contribution in [2.24, 2.45) is 0 Å². The molecule has 45 heavy (non-hydrogen) atoms. The topological polar surface area (TPSA) is 96.0 Å². The molecule has 0 saturated heterocycles. The lowest BCUT2D eigenvalue weighted by Crippen LogP contribution is -2.52. The molecule has 244 valence electrons. The maximum absolute atomic E-state index is 14.1. The third-order valence-corrected chi connectivity index (χ3v) is 9.28. The first-order valence-corrected chi connectivity index (χ1v) is 16.2. The fraction of sp³-hybridized carbons (Fsp3) is 0.375. The summed E-state index contributed by atoms with van der Waals surface area (Å²) < 4.78 is 75.3. The van der Waals surface area contributed by atoms with Crippen molar-refractivity contribution in [1.29, 1.82) is 0 Å². The van der Waals surface area contributed by atoms with Crippen LogP contribution in [0.2, 0.25) is 5.02 Å². The van der Waals surface area contributed by atoms with Crippen LogP contribution in [0.15, 0.2) is 71.6 Å². The Morgan fingerprint density at radius 2 is 1.64 bits per heavy atom. The van der Waals surface area contributed by atoms with Crippen molar-refractivity contribution in [2.75, 3.05) is 24.5 Å². The monoisotopic (exact) mass is 667 g/mol. The second-order valence-corrected chi connectivity index (χ2v) is 12.7. The number of ether oxygens (including phenoxy) is 1. The maximum Gasteiger partial charge on any atom is 0.417 e. The smallest absolute Gasteiger partial charge is 0.417 e. The lowest BCUT2D eigenvalue weighted by molar-refractivity contribution is -0.140. The Kier molecular flexibility index (Phi) is 12.3. The first kappa shape index (κ1) is 35.7. The van der Waals surface area contributed by atoms with Gasteiger partial charge in [-0.15, -0.1) is 0 Å². The molecule has 1 N–H and O–H groups in total. The normalized spacial score (nSPS) is 12.4. The van der Waals surface area contributed by atoms with Gasteiger partial charge in [0, 0.05) is 13.1 Å². The van der Waals surface area contributed by atoms with Gasteiger partial charge in [0.25, 0.3) is 10.0 Å². The SMILES string of the molecule is CCCCNC(=O)C(CC)N(Cc1ccc(OC)cc1)C(=O)CN(c1ccc(Cl)c(C(F)(F)F)c1)S(=O)(=O)c1ccc(C)cc1. The summed E-state index contributed by atoms with van der Waals surface area (Å²) in [6.07, 6.45) is -3.14. The van der Waals surface area contributed by atoms with E-state index in [4.69, 9.17) is 16.3 Å². The van der Waals surface area contributed by atoms with Gasteiger partial charge in [-0.1, -0.05) is 61.7 Å². The molecule has 0 fully saturated rings. The summed E-state index contributed by atoms with van der Waals surface area (Å²) in [5.74, 6) is -0.645. The summed E-state index contributed by atoms with van der Waals surface area (Å²) >= 11 is 5.83. The molecule has 0 radical (unpaired) electrons. The summed E-state index contributed by atoms with van der Waals surface area (Å²) in [5.41, 5.74) is -0.281. The van der Waals surface area contributed by atoms with Crippen LogP contribution in [0, 0.1) is 6.92 Å². The van der Waals surface area contributed by atoms with Gasteiger partial charge in [0.05, 0.1) is 28.3 Å². The number of hydrogen-bond acceptors (Lipinski definition) is 5. The van der Waals surface area contributed by atoms with Crippen molar-refractivity contribution in [3.8, 4) is 5.75 Å². The number of methoxy groups -OCH3 is 1. The largest absolute Gasteiger partial charge is 0.497 e. The summed E-state index contributed by atoms with van der Waals surface area (Å²) in [4.78, 5) is 28.4. The van der Waals surface area contributed by atoms with Crippen LogP contribution in [-0.4, -0.2) is 51.4 Å². The third kappa shape index (κ3) is 9.13. The van der Waals surface area contributed by atoms with Crippen molar-refractivity contribution >= 4 is 39.1 Å². The number of alkyl halides is 3. The van der Waals surface area contributed by atoms with Gasteiger partial charge in [-0.25, -0.2) is 8.42 Å². The quantitative estimate of drug-likeness (QED) is 0.196. The van der Waals surface area contributed by atoms with E-state index in [1.54, 1.807) is 50.2 Å². The number of nitrogens with one attached hydrogen (secondary N) is 1. The highest BCUT2D eigenvalue weighted by atomic mass is 35.5. The van der Waals surface area contributed by atoms with Gasteiger partial charge in [0.1, 0.15) is 18.3 Å². The van der Waals surface area contributed by atoms with Crippen LogP contribution in [0.1, 0.15) is 49.8 Å². The van der Waals surface area contributed by atoms with Crippen molar-refractivity contribution in [1.82, 2.24) is 10.2 Å². The fourth-order valence-corrected chi connectivity index (χ4v) is 6.24. The number of sulfonamides is 1. The van der Waals surface area contributed by atoms with Crippen LogP contribution in [0.3, 0.4) is 0 Å². The zero-order chi connectivity index (χ0) is 33.4. The van der Waals surface area contributed by atoms with Gasteiger partial charge in [-0.3, -0.25) is 13.9 Å². The van der Waals surface area contributed by atoms with E-state index in [1.165, 1.54) is 24.1 Å². The number of halogens is 4. The average Bonchev–Trinajstić information content (AvgIpc) is 3.00. The molecule has 0 heterocycles. The van der Waals surface area contributed by atoms with Crippen molar-refractivity contribution in [3.63, 3.8) is 0 Å². The number of carbonyl (C=O) groups excluding carboxylic acids is 2. The van der Waals surface area contributed by atoms with Gasteiger partial charge < -0.3 is 15.0 Å². The molecule has 0 aliphatic carbocycles. The van der Waals surface area contributed by atoms with Gasteiger partial charge in [-0.05, 0) is 67.8 Å². The van der Waals surface area contributed by atoms with Gasteiger partial charge in [0.2, 0.25) is 11.8 Å². The molecule has 0 aliphatic rings. The molecule has 1 atom stereocenters. The molecule has 1 unspecified atom stereocenters. The number of rotatable bonds is 14. The Hall–Kier alpha value is -3.77. The van der Waals surface area contributed by atoms with E-state index < -0.39 is 56.9 Å². The van der Waals surface area contributed by atoms with Crippen LogP contribution in [0.4, 0.5) is 18.9 Å². The molecule has 2 amide bonds. The number of anilines is 1. The molecule has 3 rings (SSSR count). The second-order valence-electron chi connectivity index (χ2n) is 10.4. The molecule has 0 aromatic heterocycles. The van der Waals surface area contributed by atoms with E-state index >= 15 is 0 Å². The number of unbranched alkanes of at least 4 members (excludes halogenated alkanes) is 1. The molecule has 0 spiro atoms. The lowest BCUT2D eigenvalue weighted by atomic mass is 10.1. The molecule has 3 aromatic carbocycles. The average molecular weight is 668 g/mol. The van der Waals surface area contributed by atoms with Crippen molar-refractivity contribution in [3.05, 3.63) is 88.4 Å². The number of amides is 2. The van der Waals surface area contributed by atoms with E-state index in [2.05, 4.69) is 5.32 Å². The minimum atomic E-state index is -4.89. The molecule has 13 heteroatoms. The summed E-state index contributed by atoms with van der Waals surface area (Å²) in [5, 5.41) is 2.20. The standard InChI is InChI=1S/C32H37ClF3N3O5S/c1-5-7-18-37-31(41)29(6-2)38(20-23-10-13-25(44-4)14-11-23)30(40)21-39(45(42,43)26-15-8-22(3)9-16-26)24-12-17-28(33)27(19-24)32(34,35)36/h8-17,19,29H,5-7,18,20-21H2,1-4H3,(H,37,41).